The number of aromatic nitrogens is 1. The molecule has 0 aliphatic heterocycles. The Morgan fingerprint density at radius 3 is 3.06 bits per heavy atom. The first kappa shape index (κ1) is 10.9. The Kier molecular flexibility index (Phi) is 3.07. The van der Waals surface area contributed by atoms with Crippen molar-refractivity contribution < 1.29 is 4.74 Å². The highest BCUT2D eigenvalue weighted by atomic mass is 32.1. The number of rotatable bonds is 3. The summed E-state index contributed by atoms with van der Waals surface area (Å²) < 4.78 is 6.17. The van der Waals surface area contributed by atoms with Crippen LogP contribution in [0.15, 0.2) is 18.2 Å². The minimum Gasteiger partial charge on any atom is -0.497 e. The van der Waals surface area contributed by atoms with Gasteiger partial charge in [-0.15, -0.1) is 0 Å². The third-order valence-corrected chi connectivity index (χ3v) is 2.92. The largest absolute Gasteiger partial charge is 0.497 e. The normalized spacial score (nSPS) is 10.1. The van der Waals surface area contributed by atoms with Gasteiger partial charge in [0, 0.05) is 0 Å². The summed E-state index contributed by atoms with van der Waals surface area (Å²) in [6, 6.07) is 5.70. The number of nitrogens with one attached hydrogen (secondary N) is 2. The van der Waals surface area contributed by atoms with E-state index in [0.29, 0.717) is 5.13 Å². The molecule has 0 saturated carbocycles. The Hall–Kier alpha value is -1.60. The third-order valence-electron chi connectivity index (χ3n) is 1.89. The predicted molar refractivity (Wildman–Crippen MR) is 69.7 cm³/mol. The first-order valence-electron chi connectivity index (χ1n) is 4.45. The van der Waals surface area contributed by atoms with Gasteiger partial charge in [-0.05, 0) is 30.4 Å². The number of ether oxygens (including phenoxy) is 1. The number of hydrogen-bond donors (Lipinski definition) is 3. The molecule has 0 unspecified atom stereocenters. The van der Waals surface area contributed by atoms with Gasteiger partial charge in [-0.1, -0.05) is 11.3 Å². The molecule has 0 amide bonds. The van der Waals surface area contributed by atoms with Crippen molar-refractivity contribution in [2.75, 3.05) is 12.5 Å². The third kappa shape index (κ3) is 2.31. The molecule has 0 bridgehead atoms. The highest BCUT2D eigenvalue weighted by Crippen LogP contribution is 2.28. The summed E-state index contributed by atoms with van der Waals surface area (Å²) in [5, 5.41) is 0.882. The maximum absolute atomic E-state index is 5.29. The fourth-order valence-electron chi connectivity index (χ4n) is 1.20. The molecule has 16 heavy (non-hydrogen) atoms. The van der Waals surface area contributed by atoms with Gasteiger partial charge in [0.25, 0.3) is 0 Å². The summed E-state index contributed by atoms with van der Waals surface area (Å²) in [6.07, 6.45) is 0. The Labute approximate surface area is 102 Å². The lowest BCUT2D eigenvalue weighted by Crippen LogP contribution is -2.33. The second-order valence-corrected chi connectivity index (χ2v) is 4.44. The van der Waals surface area contributed by atoms with Crippen LogP contribution < -0.4 is 21.3 Å². The van der Waals surface area contributed by atoms with Crippen LogP contribution in [-0.4, -0.2) is 17.2 Å². The monoisotopic (exact) mass is 254 g/mol. The SMILES string of the molecule is COc1ccc2nc(NNC(N)=S)sc2c1. The average Bonchev–Trinajstić information content (AvgIpc) is 2.67. The quantitative estimate of drug-likeness (QED) is 0.569. The lowest BCUT2D eigenvalue weighted by Gasteiger charge is -2.01. The van der Waals surface area contributed by atoms with Crippen molar-refractivity contribution in [1.82, 2.24) is 10.4 Å². The number of nitrogens with zero attached hydrogens (tertiary/aromatic N) is 1. The number of thiocarbonyl (C=S) groups is 1. The van der Waals surface area contributed by atoms with Crippen LogP contribution in [-0.2, 0) is 0 Å². The molecule has 5 nitrogen and oxygen atoms in total. The Balaban J connectivity index is 2.25. The molecule has 2 rings (SSSR count). The van der Waals surface area contributed by atoms with Gasteiger partial charge in [0.1, 0.15) is 5.75 Å². The van der Waals surface area contributed by atoms with Crippen LogP contribution in [0.5, 0.6) is 5.75 Å². The van der Waals surface area contributed by atoms with E-state index in [1.54, 1.807) is 7.11 Å². The maximum Gasteiger partial charge on any atom is 0.202 e. The summed E-state index contributed by atoms with van der Waals surface area (Å²) in [5.41, 5.74) is 11.6. The highest BCUT2D eigenvalue weighted by Gasteiger charge is 2.04. The van der Waals surface area contributed by atoms with Crippen LogP contribution >= 0.6 is 23.6 Å². The van der Waals surface area contributed by atoms with Crippen molar-refractivity contribution in [1.29, 1.82) is 0 Å². The van der Waals surface area contributed by atoms with Crippen LogP contribution in [0, 0.1) is 0 Å². The molecule has 0 aliphatic rings. The van der Waals surface area contributed by atoms with Crippen molar-refractivity contribution in [2.45, 2.75) is 0 Å². The molecule has 7 heteroatoms. The topological polar surface area (TPSA) is 72.2 Å². The smallest absolute Gasteiger partial charge is 0.202 e. The van der Waals surface area contributed by atoms with Crippen molar-refractivity contribution in [3.05, 3.63) is 18.2 Å². The molecule has 2 aromatic rings. The highest BCUT2D eigenvalue weighted by molar-refractivity contribution is 7.80. The van der Waals surface area contributed by atoms with E-state index in [1.807, 2.05) is 18.2 Å². The van der Waals surface area contributed by atoms with E-state index in [1.165, 1.54) is 11.3 Å². The second kappa shape index (κ2) is 4.50. The molecule has 0 spiro atoms. The van der Waals surface area contributed by atoms with Gasteiger partial charge in [-0.2, -0.15) is 0 Å². The number of anilines is 1. The summed E-state index contributed by atoms with van der Waals surface area (Å²) in [7, 11) is 1.63. The Morgan fingerprint density at radius 1 is 1.56 bits per heavy atom. The van der Waals surface area contributed by atoms with Gasteiger partial charge in [-0.3, -0.25) is 10.9 Å². The van der Waals surface area contributed by atoms with Crippen LogP contribution in [0.1, 0.15) is 0 Å². The molecule has 0 atom stereocenters. The molecule has 0 saturated heterocycles. The van der Waals surface area contributed by atoms with Crippen molar-refractivity contribution in [2.24, 2.45) is 5.73 Å². The van der Waals surface area contributed by atoms with Crippen molar-refractivity contribution in [3.63, 3.8) is 0 Å². The van der Waals surface area contributed by atoms with Gasteiger partial charge in [0.2, 0.25) is 5.13 Å². The molecule has 0 fully saturated rings. The van der Waals surface area contributed by atoms with Gasteiger partial charge >= 0.3 is 0 Å². The average molecular weight is 254 g/mol. The number of nitrogens with two attached hydrogens (primary N) is 1. The molecule has 1 heterocycles. The number of benzene rings is 1. The number of methoxy groups -OCH3 is 1. The van der Waals surface area contributed by atoms with Gasteiger partial charge < -0.3 is 10.5 Å². The van der Waals surface area contributed by atoms with Gasteiger partial charge in [0.05, 0.1) is 17.3 Å². The summed E-state index contributed by atoms with van der Waals surface area (Å²) in [6.45, 7) is 0. The Bertz CT molecular complexity index is 525. The molecule has 1 aromatic heterocycles. The molecule has 1 aromatic carbocycles. The molecule has 0 aliphatic carbocycles. The zero-order valence-corrected chi connectivity index (χ0v) is 10.1. The zero-order chi connectivity index (χ0) is 11.5. The van der Waals surface area contributed by atoms with E-state index in [9.17, 15) is 0 Å². The minimum absolute atomic E-state index is 0.178. The van der Waals surface area contributed by atoms with E-state index in [4.69, 9.17) is 10.5 Å². The number of thiazole rings is 1. The molecule has 84 valence electrons. The summed E-state index contributed by atoms with van der Waals surface area (Å²) in [4.78, 5) is 4.33. The maximum atomic E-state index is 5.29. The lowest BCUT2D eigenvalue weighted by atomic mass is 10.3. The summed E-state index contributed by atoms with van der Waals surface area (Å²) in [5.74, 6) is 0.810. The second-order valence-electron chi connectivity index (χ2n) is 2.97. The van der Waals surface area contributed by atoms with Crippen molar-refractivity contribution in [3.8, 4) is 5.75 Å². The molecule has 4 N–H and O–H groups in total. The molecular weight excluding hydrogens is 244 g/mol. The van der Waals surface area contributed by atoms with Crippen LogP contribution in [0.4, 0.5) is 5.13 Å². The Morgan fingerprint density at radius 2 is 2.38 bits per heavy atom. The van der Waals surface area contributed by atoms with E-state index in [2.05, 4.69) is 28.1 Å². The van der Waals surface area contributed by atoms with E-state index < -0.39 is 0 Å². The number of hydrogen-bond acceptors (Lipinski definition) is 5. The first-order valence-corrected chi connectivity index (χ1v) is 5.67. The van der Waals surface area contributed by atoms with E-state index in [0.717, 1.165) is 16.0 Å². The minimum atomic E-state index is 0.178. The predicted octanol–water partition coefficient (Wildman–Crippen LogP) is 1.46. The van der Waals surface area contributed by atoms with Gasteiger partial charge in [-0.25, -0.2) is 4.98 Å². The zero-order valence-electron chi connectivity index (χ0n) is 8.48. The van der Waals surface area contributed by atoms with Gasteiger partial charge in [0.15, 0.2) is 5.11 Å². The van der Waals surface area contributed by atoms with Crippen LogP contribution in [0.2, 0.25) is 0 Å². The van der Waals surface area contributed by atoms with Crippen molar-refractivity contribution >= 4 is 44.0 Å². The van der Waals surface area contributed by atoms with Crippen LogP contribution in [0.3, 0.4) is 0 Å². The lowest BCUT2D eigenvalue weighted by molar-refractivity contribution is 0.415. The first-order chi connectivity index (χ1) is 7.69. The number of hydrazine groups is 1. The standard InChI is InChI=1S/C9H10N4OS2/c1-14-5-2-3-6-7(4-5)16-9(11-6)13-12-8(10)15/h2-4H,1H3,(H,11,13)(H3,10,12,15). The van der Waals surface area contributed by atoms with E-state index in [-0.39, 0.29) is 5.11 Å². The van der Waals surface area contributed by atoms with Crippen LogP contribution in [0.25, 0.3) is 10.2 Å². The molecular formula is C9H10N4OS2. The summed E-state index contributed by atoms with van der Waals surface area (Å²) >= 11 is 6.16. The molecule has 0 radical (unpaired) electrons. The van der Waals surface area contributed by atoms with E-state index >= 15 is 0 Å². The number of fused-ring (bicyclic) bond motifs is 1. The fourth-order valence-corrected chi connectivity index (χ4v) is 2.10. The fraction of sp³-hybridized carbons (Fsp3) is 0.111.